The minimum Gasteiger partial charge on any atom is -0.465 e. The van der Waals surface area contributed by atoms with Crippen molar-refractivity contribution in [3.63, 3.8) is 0 Å². The molecule has 5 aliphatic rings. The molecule has 1 aliphatic carbocycles. The van der Waals surface area contributed by atoms with Crippen LogP contribution in [0.4, 0.5) is 10.5 Å². The lowest BCUT2D eigenvalue weighted by Gasteiger charge is -2.44. The summed E-state index contributed by atoms with van der Waals surface area (Å²) in [5, 5.41) is 14.0. The normalized spacial score (nSPS) is 22.3. The van der Waals surface area contributed by atoms with Gasteiger partial charge in [0.25, 0.3) is 11.8 Å². The average molecular weight is 778 g/mol. The Bertz CT molecular complexity index is 2330. The van der Waals surface area contributed by atoms with Crippen LogP contribution in [0, 0.1) is 5.92 Å². The molecule has 2 aromatic heterocycles. The topological polar surface area (TPSA) is 176 Å². The third-order valence-electron chi connectivity index (χ3n) is 12.1. The number of hydrogen-bond acceptors (Lipinski definition) is 8. The largest absolute Gasteiger partial charge is 0.465 e. The highest BCUT2D eigenvalue weighted by atomic mass is 35.5. The van der Waals surface area contributed by atoms with E-state index in [2.05, 4.69) is 20.2 Å². The van der Waals surface area contributed by atoms with Crippen LogP contribution in [-0.2, 0) is 20.8 Å². The summed E-state index contributed by atoms with van der Waals surface area (Å²) in [6.45, 7) is 2.43. The highest BCUT2D eigenvalue weighted by molar-refractivity contribution is 6.38. The lowest BCUT2D eigenvalue weighted by molar-refractivity contribution is -0.136. The summed E-state index contributed by atoms with van der Waals surface area (Å²) in [7, 11) is 0. The number of rotatable bonds is 8. The number of anilines is 1. The monoisotopic (exact) mass is 777 g/mol. The van der Waals surface area contributed by atoms with E-state index in [1.54, 1.807) is 23.2 Å². The number of carbonyl (C=O) groups excluding carboxylic acids is 5. The van der Waals surface area contributed by atoms with Gasteiger partial charge in [-0.3, -0.25) is 39.1 Å². The Hall–Kier alpha value is -5.60. The zero-order valence-corrected chi connectivity index (χ0v) is 31.3. The van der Waals surface area contributed by atoms with E-state index < -0.39 is 41.8 Å². The van der Waals surface area contributed by atoms with Gasteiger partial charge in [-0.2, -0.15) is 0 Å². The zero-order chi connectivity index (χ0) is 38.8. The highest BCUT2D eigenvalue weighted by Gasteiger charge is 2.46. The molecule has 4 aromatic rings. The Morgan fingerprint density at radius 2 is 1.68 bits per heavy atom. The molecule has 2 aromatic carbocycles. The van der Waals surface area contributed by atoms with Crippen LogP contribution in [0.25, 0.3) is 22.2 Å². The second-order valence-corrected chi connectivity index (χ2v) is 15.8. The predicted molar refractivity (Wildman–Crippen MR) is 205 cm³/mol. The van der Waals surface area contributed by atoms with Crippen LogP contribution in [0.3, 0.4) is 0 Å². The van der Waals surface area contributed by atoms with Gasteiger partial charge in [-0.05, 0) is 104 Å². The summed E-state index contributed by atoms with van der Waals surface area (Å²) in [4.78, 5) is 91.3. The second-order valence-electron chi connectivity index (χ2n) is 15.4. The summed E-state index contributed by atoms with van der Waals surface area (Å²) in [5.41, 5.74) is 5.58. The molecular formula is C41H40ClN7O7. The molecule has 6 heterocycles. The van der Waals surface area contributed by atoms with E-state index in [9.17, 15) is 33.9 Å². The van der Waals surface area contributed by atoms with Gasteiger partial charge in [-0.1, -0.05) is 29.8 Å². The molecule has 56 heavy (non-hydrogen) atoms. The van der Waals surface area contributed by atoms with Crippen molar-refractivity contribution in [2.75, 3.05) is 37.6 Å². The fraction of sp³-hybridized carbons (Fsp3) is 0.390. The van der Waals surface area contributed by atoms with Crippen molar-refractivity contribution in [1.82, 2.24) is 30.0 Å². The molecule has 0 spiro atoms. The number of piperazine rings is 1. The Morgan fingerprint density at radius 1 is 0.893 bits per heavy atom. The third-order valence-corrected chi connectivity index (χ3v) is 12.5. The molecule has 14 nitrogen and oxygen atoms in total. The van der Waals surface area contributed by atoms with Crippen molar-refractivity contribution >= 4 is 64.0 Å². The van der Waals surface area contributed by atoms with Crippen molar-refractivity contribution in [2.24, 2.45) is 5.92 Å². The van der Waals surface area contributed by atoms with Gasteiger partial charge in [-0.25, -0.2) is 9.78 Å². The first kappa shape index (κ1) is 36.1. The lowest BCUT2D eigenvalue weighted by atomic mass is 9.86. The SMILES string of the molecule is O=C1CCC(N2C(=O)c3ccc(CCN4CCC(C5C(=O)N(c6cccc(-c7cnc8[nH]cc(C9CC9)c8c7Cl)c6)CCN5C(=O)O)CC4)cc3C2=O)C(=O)N1. The third kappa shape index (κ3) is 6.30. The molecule has 0 bridgehead atoms. The van der Waals surface area contributed by atoms with Gasteiger partial charge in [0.2, 0.25) is 17.7 Å². The fourth-order valence-electron chi connectivity index (χ4n) is 8.97. The molecule has 1 saturated carbocycles. The quantitative estimate of drug-likeness (QED) is 0.212. The Labute approximate surface area is 326 Å². The molecule has 6 amide bonds. The number of nitrogens with zero attached hydrogens (tertiary/aromatic N) is 5. The number of carboxylic acid groups (broad SMARTS) is 1. The predicted octanol–water partition coefficient (Wildman–Crippen LogP) is 4.81. The first-order valence-corrected chi connectivity index (χ1v) is 19.6. The van der Waals surface area contributed by atoms with Crippen LogP contribution >= 0.6 is 11.6 Å². The minimum absolute atomic E-state index is 0.0580. The summed E-state index contributed by atoms with van der Waals surface area (Å²) in [6, 6.07) is 10.9. The number of amides is 6. The number of piperidine rings is 2. The fourth-order valence-corrected chi connectivity index (χ4v) is 9.33. The molecule has 4 fully saturated rings. The first-order valence-electron chi connectivity index (χ1n) is 19.2. The zero-order valence-electron chi connectivity index (χ0n) is 30.5. The number of pyridine rings is 1. The smallest absolute Gasteiger partial charge is 0.408 e. The van der Waals surface area contributed by atoms with Crippen LogP contribution in [0.5, 0.6) is 0 Å². The molecular weight excluding hydrogens is 738 g/mol. The standard InChI is InChI=1S/C41H40ClN7O7/c42-34-30(21-44-36-33(34)29(20-43-36)23-5-6-23)25-2-1-3-26(19-25)47-16-17-48(41(55)56)35(40(47)54)24-11-14-46(15-12-24)13-10-22-4-7-27-28(18-22)39(53)49(38(27)52)31-8-9-32(50)45-37(31)51/h1-4,7,18-21,23-24,31,35H,5-6,8-17H2,(H,43,44)(H,55,56)(H,45,50,51). The van der Waals surface area contributed by atoms with Gasteiger partial charge in [0.05, 0.1) is 16.1 Å². The number of imide groups is 2. The Kier molecular flexibility index (Phi) is 9.12. The van der Waals surface area contributed by atoms with Crippen molar-refractivity contribution in [3.05, 3.63) is 82.1 Å². The van der Waals surface area contributed by atoms with Crippen molar-refractivity contribution in [2.45, 2.75) is 62.9 Å². The Balaban J connectivity index is 0.859. The van der Waals surface area contributed by atoms with Crippen molar-refractivity contribution in [3.8, 4) is 11.1 Å². The molecule has 15 heteroatoms. The van der Waals surface area contributed by atoms with E-state index in [0.717, 1.165) is 45.5 Å². The molecule has 288 valence electrons. The summed E-state index contributed by atoms with van der Waals surface area (Å²) < 4.78 is 0. The number of aromatic nitrogens is 2. The molecule has 0 radical (unpaired) electrons. The number of benzene rings is 2. The molecule has 3 N–H and O–H groups in total. The summed E-state index contributed by atoms with van der Waals surface area (Å²) in [6.07, 6.45) is 6.92. The molecule has 3 saturated heterocycles. The van der Waals surface area contributed by atoms with Gasteiger partial charge in [0, 0.05) is 55.1 Å². The average Bonchev–Trinajstić information content (AvgIpc) is 3.90. The van der Waals surface area contributed by atoms with Gasteiger partial charge < -0.3 is 19.9 Å². The van der Waals surface area contributed by atoms with Crippen LogP contribution in [0.15, 0.2) is 54.9 Å². The number of fused-ring (bicyclic) bond motifs is 2. The maximum atomic E-state index is 14.3. The number of H-pyrrole nitrogens is 1. The van der Waals surface area contributed by atoms with Gasteiger partial charge >= 0.3 is 6.09 Å². The maximum Gasteiger partial charge on any atom is 0.408 e. The van der Waals surface area contributed by atoms with Crippen molar-refractivity contribution < 1.29 is 33.9 Å². The number of nitrogens with one attached hydrogen (secondary N) is 2. The van der Waals surface area contributed by atoms with E-state index in [1.807, 2.05) is 36.5 Å². The van der Waals surface area contributed by atoms with Crippen LogP contribution in [-0.4, -0.2) is 110 Å². The summed E-state index contributed by atoms with van der Waals surface area (Å²) >= 11 is 7.02. The van der Waals surface area contributed by atoms with Gasteiger partial charge in [0.15, 0.2) is 0 Å². The first-order chi connectivity index (χ1) is 27.1. The minimum atomic E-state index is -1.11. The molecule has 9 rings (SSSR count). The van der Waals surface area contributed by atoms with E-state index >= 15 is 0 Å². The number of likely N-dealkylation sites (tertiary alicyclic amines) is 1. The highest BCUT2D eigenvalue weighted by Crippen LogP contribution is 2.46. The molecule has 4 aliphatic heterocycles. The van der Waals surface area contributed by atoms with Gasteiger partial charge in [-0.15, -0.1) is 0 Å². The van der Waals surface area contributed by atoms with E-state index in [0.29, 0.717) is 55.5 Å². The number of aromatic amines is 1. The second kappa shape index (κ2) is 14.2. The van der Waals surface area contributed by atoms with Crippen LogP contribution < -0.4 is 10.2 Å². The summed E-state index contributed by atoms with van der Waals surface area (Å²) in [5.74, 6) is -2.06. The molecule has 2 unspecified atom stereocenters. The van der Waals surface area contributed by atoms with E-state index in [4.69, 9.17) is 11.6 Å². The Morgan fingerprint density at radius 3 is 2.43 bits per heavy atom. The lowest BCUT2D eigenvalue weighted by Crippen LogP contribution is -2.62. The van der Waals surface area contributed by atoms with Crippen molar-refractivity contribution in [1.29, 1.82) is 0 Å². The van der Waals surface area contributed by atoms with Crippen LogP contribution in [0.2, 0.25) is 5.02 Å². The number of hydrogen-bond donors (Lipinski definition) is 3. The van der Waals surface area contributed by atoms with Gasteiger partial charge in [0.1, 0.15) is 17.7 Å². The number of halogens is 1. The van der Waals surface area contributed by atoms with E-state index in [-0.39, 0.29) is 48.9 Å². The number of carbonyl (C=O) groups is 6. The molecule has 2 atom stereocenters. The maximum absolute atomic E-state index is 14.3. The van der Waals surface area contributed by atoms with E-state index in [1.165, 1.54) is 10.5 Å². The van der Waals surface area contributed by atoms with Crippen LogP contribution in [0.1, 0.15) is 76.3 Å².